The Kier molecular flexibility index (Phi) is 4.14. The Balaban J connectivity index is 2.37. The zero-order valence-corrected chi connectivity index (χ0v) is 7.86. The third kappa shape index (κ3) is 2.95. The zero-order chi connectivity index (χ0) is 9.68. The van der Waals surface area contributed by atoms with Crippen molar-refractivity contribution in [3.63, 3.8) is 0 Å². The van der Waals surface area contributed by atoms with E-state index in [-0.39, 0.29) is 11.9 Å². The van der Waals surface area contributed by atoms with Gasteiger partial charge in [0.25, 0.3) is 0 Å². The quantitative estimate of drug-likeness (QED) is 0.501. The lowest BCUT2D eigenvalue weighted by atomic mass is 10.00. The lowest BCUT2D eigenvalue weighted by molar-refractivity contribution is -0.190. The Hall–Kier alpha value is -0.650. The highest BCUT2D eigenvalue weighted by Gasteiger charge is 2.26. The van der Waals surface area contributed by atoms with E-state index in [1.54, 1.807) is 12.0 Å². The van der Waals surface area contributed by atoms with Crippen molar-refractivity contribution >= 4 is 5.97 Å². The SMILES string of the molecule is CCOC(=O)C1CCCN(ON)C1. The van der Waals surface area contributed by atoms with Gasteiger partial charge in [-0.25, -0.2) is 4.94 Å². The average molecular weight is 188 g/mol. The van der Waals surface area contributed by atoms with Crippen LogP contribution in [0.25, 0.3) is 0 Å². The van der Waals surface area contributed by atoms with E-state index in [2.05, 4.69) is 4.94 Å². The van der Waals surface area contributed by atoms with Crippen molar-refractivity contribution in [2.24, 2.45) is 11.8 Å². The van der Waals surface area contributed by atoms with Crippen LogP contribution in [0.2, 0.25) is 0 Å². The molecule has 2 N–H and O–H groups in total. The minimum Gasteiger partial charge on any atom is -0.466 e. The summed E-state index contributed by atoms with van der Waals surface area (Å²) in [5, 5.41) is 1.59. The average Bonchev–Trinajstić information content (AvgIpc) is 2.18. The fourth-order valence-corrected chi connectivity index (χ4v) is 1.49. The highest BCUT2D eigenvalue weighted by Crippen LogP contribution is 2.17. The number of carbonyl (C=O) groups excluding carboxylic acids is 1. The number of nitrogens with zero attached hydrogens (tertiary/aromatic N) is 1. The molecule has 0 spiro atoms. The maximum Gasteiger partial charge on any atom is 0.310 e. The molecular weight excluding hydrogens is 172 g/mol. The van der Waals surface area contributed by atoms with Crippen molar-refractivity contribution in [3.8, 4) is 0 Å². The van der Waals surface area contributed by atoms with Gasteiger partial charge in [0.05, 0.1) is 12.5 Å². The molecule has 1 aliphatic heterocycles. The molecule has 1 unspecified atom stereocenters. The van der Waals surface area contributed by atoms with Crippen LogP contribution >= 0.6 is 0 Å². The first-order valence-corrected chi connectivity index (χ1v) is 4.56. The minimum atomic E-state index is -0.149. The van der Waals surface area contributed by atoms with Gasteiger partial charge in [-0.15, -0.1) is 0 Å². The summed E-state index contributed by atoms with van der Waals surface area (Å²) in [7, 11) is 0. The molecule has 1 aliphatic rings. The molecule has 0 aromatic heterocycles. The van der Waals surface area contributed by atoms with Crippen molar-refractivity contribution in [1.82, 2.24) is 5.06 Å². The molecule has 1 rings (SSSR count). The van der Waals surface area contributed by atoms with Gasteiger partial charge in [-0.05, 0) is 19.8 Å². The van der Waals surface area contributed by atoms with Gasteiger partial charge in [0, 0.05) is 13.1 Å². The van der Waals surface area contributed by atoms with E-state index < -0.39 is 0 Å². The van der Waals surface area contributed by atoms with Gasteiger partial charge in [-0.3, -0.25) is 4.79 Å². The number of carbonyl (C=O) groups is 1. The van der Waals surface area contributed by atoms with Crippen LogP contribution in [-0.2, 0) is 14.5 Å². The molecule has 1 heterocycles. The topological polar surface area (TPSA) is 64.8 Å². The number of ether oxygens (including phenoxy) is 1. The third-order valence-corrected chi connectivity index (χ3v) is 2.15. The lowest BCUT2D eigenvalue weighted by Gasteiger charge is -2.28. The smallest absolute Gasteiger partial charge is 0.310 e. The largest absolute Gasteiger partial charge is 0.466 e. The van der Waals surface area contributed by atoms with E-state index >= 15 is 0 Å². The lowest BCUT2D eigenvalue weighted by Crippen LogP contribution is -2.40. The molecule has 0 aliphatic carbocycles. The standard InChI is InChI=1S/C8H16N2O3/c1-2-12-8(11)7-4-3-5-10(6-7)13-9/h7H,2-6,9H2,1H3. The molecular formula is C8H16N2O3. The summed E-state index contributed by atoms with van der Waals surface area (Å²) in [6.45, 7) is 3.55. The number of nitrogens with two attached hydrogens (primary N) is 1. The van der Waals surface area contributed by atoms with Gasteiger partial charge in [-0.2, -0.15) is 11.0 Å². The second-order valence-electron chi connectivity index (χ2n) is 3.08. The van der Waals surface area contributed by atoms with E-state index in [0.29, 0.717) is 13.2 Å². The van der Waals surface area contributed by atoms with Gasteiger partial charge < -0.3 is 4.74 Å². The van der Waals surface area contributed by atoms with Crippen LogP contribution in [0.5, 0.6) is 0 Å². The molecule has 0 saturated carbocycles. The molecule has 0 amide bonds. The first-order chi connectivity index (χ1) is 6.27. The normalized spacial score (nSPS) is 24.3. The van der Waals surface area contributed by atoms with Crippen LogP contribution in [0.1, 0.15) is 19.8 Å². The zero-order valence-electron chi connectivity index (χ0n) is 7.86. The Bertz CT molecular complexity index is 175. The molecule has 5 nitrogen and oxygen atoms in total. The number of esters is 1. The van der Waals surface area contributed by atoms with Gasteiger partial charge in [-0.1, -0.05) is 0 Å². The fourth-order valence-electron chi connectivity index (χ4n) is 1.49. The molecule has 0 aromatic carbocycles. The predicted molar refractivity (Wildman–Crippen MR) is 46.2 cm³/mol. The first kappa shape index (κ1) is 10.4. The van der Waals surface area contributed by atoms with Crippen LogP contribution in [-0.4, -0.2) is 30.7 Å². The molecule has 13 heavy (non-hydrogen) atoms. The summed E-state index contributed by atoms with van der Waals surface area (Å²) in [5.41, 5.74) is 0. The Morgan fingerprint density at radius 3 is 3.08 bits per heavy atom. The van der Waals surface area contributed by atoms with Gasteiger partial charge in [0.15, 0.2) is 0 Å². The minimum absolute atomic E-state index is 0.0859. The van der Waals surface area contributed by atoms with E-state index in [0.717, 1.165) is 19.4 Å². The summed E-state index contributed by atoms with van der Waals surface area (Å²) < 4.78 is 4.91. The first-order valence-electron chi connectivity index (χ1n) is 4.56. The van der Waals surface area contributed by atoms with E-state index in [4.69, 9.17) is 10.6 Å². The molecule has 5 heteroatoms. The Morgan fingerprint density at radius 1 is 1.69 bits per heavy atom. The highest BCUT2D eigenvalue weighted by molar-refractivity contribution is 5.72. The van der Waals surface area contributed by atoms with Gasteiger partial charge in [0.2, 0.25) is 0 Å². The molecule has 1 atom stereocenters. The molecule has 0 aromatic rings. The summed E-state index contributed by atoms with van der Waals surface area (Å²) in [6, 6.07) is 0. The summed E-state index contributed by atoms with van der Waals surface area (Å²) in [4.78, 5) is 15.9. The monoisotopic (exact) mass is 188 g/mol. The predicted octanol–water partition coefficient (Wildman–Crippen LogP) is 0.0668. The van der Waals surface area contributed by atoms with Crippen molar-refractivity contribution in [2.75, 3.05) is 19.7 Å². The molecule has 0 bridgehead atoms. The number of piperidine rings is 1. The summed E-state index contributed by atoms with van der Waals surface area (Å²) in [6.07, 6.45) is 1.78. The van der Waals surface area contributed by atoms with Crippen molar-refractivity contribution in [3.05, 3.63) is 0 Å². The van der Waals surface area contributed by atoms with E-state index in [9.17, 15) is 4.79 Å². The highest BCUT2D eigenvalue weighted by atomic mass is 16.8. The van der Waals surface area contributed by atoms with Crippen LogP contribution < -0.4 is 5.90 Å². The van der Waals surface area contributed by atoms with Crippen molar-refractivity contribution in [2.45, 2.75) is 19.8 Å². The van der Waals surface area contributed by atoms with Crippen LogP contribution in [0.15, 0.2) is 0 Å². The molecule has 1 saturated heterocycles. The Labute approximate surface area is 77.7 Å². The Morgan fingerprint density at radius 2 is 2.46 bits per heavy atom. The maximum absolute atomic E-state index is 11.3. The van der Waals surface area contributed by atoms with Gasteiger partial charge in [0.1, 0.15) is 0 Å². The molecule has 0 radical (unpaired) electrons. The number of hydrogen-bond acceptors (Lipinski definition) is 5. The summed E-state index contributed by atoms with van der Waals surface area (Å²) in [5.74, 6) is 4.78. The third-order valence-electron chi connectivity index (χ3n) is 2.15. The molecule has 1 fully saturated rings. The van der Waals surface area contributed by atoms with Crippen LogP contribution in [0.4, 0.5) is 0 Å². The number of rotatable bonds is 3. The van der Waals surface area contributed by atoms with E-state index in [1.807, 2.05) is 0 Å². The second kappa shape index (κ2) is 5.16. The number of hydrogen-bond donors (Lipinski definition) is 1. The number of hydroxylamine groups is 2. The van der Waals surface area contributed by atoms with E-state index in [1.165, 1.54) is 0 Å². The van der Waals surface area contributed by atoms with Crippen molar-refractivity contribution < 1.29 is 14.5 Å². The van der Waals surface area contributed by atoms with Crippen molar-refractivity contribution in [1.29, 1.82) is 0 Å². The molecule has 76 valence electrons. The van der Waals surface area contributed by atoms with Crippen LogP contribution in [0.3, 0.4) is 0 Å². The van der Waals surface area contributed by atoms with Gasteiger partial charge >= 0.3 is 5.97 Å². The fraction of sp³-hybridized carbons (Fsp3) is 0.875. The van der Waals surface area contributed by atoms with Crippen LogP contribution in [0, 0.1) is 5.92 Å². The summed E-state index contributed by atoms with van der Waals surface area (Å²) >= 11 is 0. The second-order valence-corrected chi connectivity index (χ2v) is 3.08. The maximum atomic E-state index is 11.3.